The van der Waals surface area contributed by atoms with Gasteiger partial charge in [-0.05, 0) is 43.5 Å². The molecule has 0 fully saturated rings. The lowest BCUT2D eigenvalue weighted by molar-refractivity contribution is 0.0953. The normalized spacial score (nSPS) is 10.8. The molecule has 2 aromatic carbocycles. The Labute approximate surface area is 169 Å². The third-order valence-electron chi connectivity index (χ3n) is 4.90. The lowest BCUT2D eigenvalue weighted by atomic mass is 10.1. The predicted molar refractivity (Wildman–Crippen MR) is 116 cm³/mol. The summed E-state index contributed by atoms with van der Waals surface area (Å²) in [4.78, 5) is 24.2. The third-order valence-corrected chi connectivity index (χ3v) is 4.90. The number of carbonyl (C=O) groups is 1. The molecule has 0 spiro atoms. The first-order valence-corrected chi connectivity index (χ1v) is 9.59. The third kappa shape index (κ3) is 4.27. The van der Waals surface area contributed by atoms with Crippen molar-refractivity contribution >= 4 is 28.4 Å². The molecule has 4 aromatic rings. The van der Waals surface area contributed by atoms with E-state index in [1.807, 2.05) is 43.5 Å². The van der Waals surface area contributed by atoms with Crippen LogP contribution in [0.1, 0.15) is 27.0 Å². The Hall–Kier alpha value is -3.67. The number of benzene rings is 2. The van der Waals surface area contributed by atoms with E-state index in [1.165, 1.54) is 16.5 Å². The van der Waals surface area contributed by atoms with Crippen molar-refractivity contribution in [3.8, 4) is 0 Å². The second kappa shape index (κ2) is 8.14. The van der Waals surface area contributed by atoms with Crippen LogP contribution in [0.3, 0.4) is 0 Å². The van der Waals surface area contributed by atoms with Crippen LogP contribution in [0.5, 0.6) is 0 Å². The monoisotopic (exact) mass is 385 g/mol. The van der Waals surface area contributed by atoms with Crippen molar-refractivity contribution in [1.82, 2.24) is 20.3 Å². The highest BCUT2D eigenvalue weighted by atomic mass is 16.1. The number of amides is 1. The van der Waals surface area contributed by atoms with E-state index in [4.69, 9.17) is 0 Å². The van der Waals surface area contributed by atoms with Crippen LogP contribution in [0.4, 0.5) is 11.6 Å². The summed E-state index contributed by atoms with van der Waals surface area (Å²) < 4.78 is 0. The molecule has 2 aromatic heterocycles. The van der Waals surface area contributed by atoms with Crippen LogP contribution in [0.2, 0.25) is 0 Å². The maximum absolute atomic E-state index is 12.4. The van der Waals surface area contributed by atoms with E-state index in [-0.39, 0.29) is 5.91 Å². The fourth-order valence-electron chi connectivity index (χ4n) is 3.34. The Morgan fingerprint density at radius 3 is 2.66 bits per heavy atom. The molecule has 0 saturated heterocycles. The van der Waals surface area contributed by atoms with Crippen LogP contribution >= 0.6 is 0 Å². The van der Waals surface area contributed by atoms with Gasteiger partial charge in [0.2, 0.25) is 5.95 Å². The molecular weight excluding hydrogens is 362 g/mol. The van der Waals surface area contributed by atoms with E-state index < -0.39 is 0 Å². The zero-order chi connectivity index (χ0) is 20.2. The first-order chi connectivity index (χ1) is 14.1. The molecule has 0 bridgehead atoms. The van der Waals surface area contributed by atoms with Gasteiger partial charge in [-0.25, -0.2) is 9.97 Å². The highest BCUT2D eigenvalue weighted by molar-refractivity contribution is 5.93. The van der Waals surface area contributed by atoms with Gasteiger partial charge in [-0.2, -0.15) is 0 Å². The quantitative estimate of drug-likeness (QED) is 0.462. The van der Waals surface area contributed by atoms with E-state index in [0.29, 0.717) is 18.1 Å². The smallest absolute Gasteiger partial charge is 0.254 e. The molecule has 29 heavy (non-hydrogen) atoms. The summed E-state index contributed by atoms with van der Waals surface area (Å²) in [6.45, 7) is 4.63. The summed E-state index contributed by atoms with van der Waals surface area (Å²) in [7, 11) is 0. The highest BCUT2D eigenvalue weighted by Crippen LogP contribution is 2.19. The second-order valence-corrected chi connectivity index (χ2v) is 7.10. The van der Waals surface area contributed by atoms with Crippen molar-refractivity contribution in [2.24, 2.45) is 0 Å². The maximum atomic E-state index is 12.4. The van der Waals surface area contributed by atoms with Gasteiger partial charge in [-0.15, -0.1) is 0 Å². The van der Waals surface area contributed by atoms with Crippen molar-refractivity contribution in [2.45, 2.75) is 20.3 Å². The van der Waals surface area contributed by atoms with Gasteiger partial charge in [0.05, 0.1) is 5.56 Å². The van der Waals surface area contributed by atoms with Gasteiger partial charge in [0.15, 0.2) is 0 Å². The molecule has 146 valence electrons. The number of anilines is 2. The van der Waals surface area contributed by atoms with Gasteiger partial charge in [0.1, 0.15) is 0 Å². The zero-order valence-electron chi connectivity index (χ0n) is 16.5. The summed E-state index contributed by atoms with van der Waals surface area (Å²) in [5, 5.41) is 7.31. The van der Waals surface area contributed by atoms with Crippen LogP contribution in [-0.4, -0.2) is 27.4 Å². The molecule has 0 atom stereocenters. The van der Waals surface area contributed by atoms with E-state index in [9.17, 15) is 4.79 Å². The molecule has 6 nitrogen and oxygen atoms in total. The lowest BCUT2D eigenvalue weighted by Gasteiger charge is -2.09. The van der Waals surface area contributed by atoms with Crippen LogP contribution < -0.4 is 10.6 Å². The van der Waals surface area contributed by atoms with Crippen LogP contribution in [0.15, 0.2) is 61.1 Å². The number of rotatable bonds is 6. The molecular formula is C23H23N5O. The standard InChI is InChI=1S/C23H23N5O/c1-15-7-8-20(16(2)11-15)28-23-26-13-18(14-27-23)22(29)24-10-9-17-12-25-21-6-4-3-5-19(17)21/h3-8,11-14,25H,9-10H2,1-2H3,(H,24,29)(H,26,27,28). The highest BCUT2D eigenvalue weighted by Gasteiger charge is 2.09. The minimum absolute atomic E-state index is 0.178. The average Bonchev–Trinajstić information content (AvgIpc) is 3.14. The Morgan fingerprint density at radius 1 is 1.07 bits per heavy atom. The number of para-hydroxylation sites is 1. The van der Waals surface area contributed by atoms with Gasteiger partial charge in [0, 0.05) is 41.7 Å². The number of hydrogen-bond acceptors (Lipinski definition) is 4. The predicted octanol–water partition coefficient (Wildman–Crippen LogP) is 4.29. The molecule has 0 unspecified atom stereocenters. The molecule has 6 heteroatoms. The summed E-state index contributed by atoms with van der Waals surface area (Å²) >= 11 is 0. The van der Waals surface area contributed by atoms with Crippen molar-refractivity contribution in [3.63, 3.8) is 0 Å². The number of aryl methyl sites for hydroxylation is 2. The Morgan fingerprint density at radius 2 is 1.86 bits per heavy atom. The SMILES string of the molecule is Cc1ccc(Nc2ncc(C(=O)NCCc3c[nH]c4ccccc34)cn2)c(C)c1. The minimum Gasteiger partial charge on any atom is -0.361 e. The van der Waals surface area contributed by atoms with E-state index >= 15 is 0 Å². The first kappa shape index (κ1) is 18.7. The van der Waals surface area contributed by atoms with Crippen LogP contribution in [0.25, 0.3) is 10.9 Å². The topological polar surface area (TPSA) is 82.7 Å². The molecule has 0 aliphatic rings. The van der Waals surface area contributed by atoms with Crippen molar-refractivity contribution in [2.75, 3.05) is 11.9 Å². The number of aromatic nitrogens is 3. The van der Waals surface area contributed by atoms with Crippen molar-refractivity contribution in [3.05, 3.63) is 83.3 Å². The number of H-pyrrole nitrogens is 1. The van der Waals surface area contributed by atoms with Crippen LogP contribution in [-0.2, 0) is 6.42 Å². The Balaban J connectivity index is 1.34. The molecule has 2 heterocycles. The summed E-state index contributed by atoms with van der Waals surface area (Å²) in [5.41, 5.74) is 6.00. The molecule has 3 N–H and O–H groups in total. The number of nitrogens with zero attached hydrogens (tertiary/aromatic N) is 2. The number of aromatic amines is 1. The number of nitrogens with one attached hydrogen (secondary N) is 3. The summed E-state index contributed by atoms with van der Waals surface area (Å²) in [5.74, 6) is 0.287. The number of fused-ring (bicyclic) bond motifs is 1. The van der Waals surface area contributed by atoms with Gasteiger partial charge < -0.3 is 15.6 Å². The molecule has 4 rings (SSSR count). The number of hydrogen-bond donors (Lipinski definition) is 3. The van der Waals surface area contributed by atoms with E-state index in [2.05, 4.69) is 44.6 Å². The summed E-state index contributed by atoms with van der Waals surface area (Å²) in [6, 6.07) is 14.3. The van der Waals surface area contributed by atoms with Gasteiger partial charge in [0.25, 0.3) is 5.91 Å². The van der Waals surface area contributed by atoms with Gasteiger partial charge >= 0.3 is 0 Å². The average molecular weight is 385 g/mol. The minimum atomic E-state index is -0.178. The first-order valence-electron chi connectivity index (χ1n) is 9.59. The zero-order valence-corrected chi connectivity index (χ0v) is 16.5. The number of carbonyl (C=O) groups excluding carboxylic acids is 1. The molecule has 0 aliphatic heterocycles. The van der Waals surface area contributed by atoms with Crippen LogP contribution in [0, 0.1) is 13.8 Å². The fourth-order valence-corrected chi connectivity index (χ4v) is 3.34. The maximum Gasteiger partial charge on any atom is 0.254 e. The molecule has 0 radical (unpaired) electrons. The Kier molecular flexibility index (Phi) is 5.24. The van der Waals surface area contributed by atoms with E-state index in [1.54, 1.807) is 12.4 Å². The van der Waals surface area contributed by atoms with Gasteiger partial charge in [-0.3, -0.25) is 4.79 Å². The molecule has 1 amide bonds. The largest absolute Gasteiger partial charge is 0.361 e. The van der Waals surface area contributed by atoms with Gasteiger partial charge in [-0.1, -0.05) is 35.9 Å². The lowest BCUT2D eigenvalue weighted by Crippen LogP contribution is -2.26. The molecule has 0 aliphatic carbocycles. The fraction of sp³-hybridized carbons (Fsp3) is 0.174. The van der Waals surface area contributed by atoms with Crippen molar-refractivity contribution < 1.29 is 4.79 Å². The van der Waals surface area contributed by atoms with Crippen molar-refractivity contribution in [1.29, 1.82) is 0 Å². The molecule has 0 saturated carbocycles. The Bertz CT molecular complexity index is 1150. The van der Waals surface area contributed by atoms with E-state index in [0.717, 1.165) is 23.2 Å². The summed E-state index contributed by atoms with van der Waals surface area (Å²) in [6.07, 6.45) is 5.83. The second-order valence-electron chi connectivity index (χ2n) is 7.10.